The van der Waals surface area contributed by atoms with Crippen molar-refractivity contribution in [1.29, 1.82) is 0 Å². The fraction of sp³-hybridized carbons (Fsp3) is 0.167. The summed E-state index contributed by atoms with van der Waals surface area (Å²) in [6, 6.07) is 1.69. The average Bonchev–Trinajstić information content (AvgIpc) is 2.10. The number of nitrogens with two attached hydrogens (primary N) is 1. The summed E-state index contributed by atoms with van der Waals surface area (Å²) in [6.07, 6.45) is 0.822. The first-order valence-corrected chi connectivity index (χ1v) is 3.37. The Labute approximate surface area is 57.3 Å². The molecule has 0 aliphatic rings. The molecule has 1 heterocycles. The molecule has 9 heavy (non-hydrogen) atoms. The Balaban J connectivity index is 3.15. The SMILES string of the molecule is Cc1sc(N)cc1C=O. The third-order valence-electron chi connectivity index (χ3n) is 1.10. The van der Waals surface area contributed by atoms with Gasteiger partial charge in [-0.05, 0) is 13.0 Å². The summed E-state index contributed by atoms with van der Waals surface area (Å²) in [7, 11) is 0. The number of thiophene rings is 1. The Morgan fingerprint density at radius 2 is 2.44 bits per heavy atom. The zero-order valence-corrected chi connectivity index (χ0v) is 5.87. The van der Waals surface area contributed by atoms with Crippen LogP contribution in [0.1, 0.15) is 15.2 Å². The third kappa shape index (κ3) is 1.10. The molecule has 0 aromatic carbocycles. The zero-order chi connectivity index (χ0) is 6.85. The van der Waals surface area contributed by atoms with Crippen molar-refractivity contribution in [2.45, 2.75) is 6.92 Å². The van der Waals surface area contributed by atoms with Gasteiger partial charge in [-0.1, -0.05) is 0 Å². The maximum absolute atomic E-state index is 10.2. The van der Waals surface area contributed by atoms with Gasteiger partial charge in [0, 0.05) is 10.4 Å². The molecule has 1 aromatic heterocycles. The van der Waals surface area contributed by atoms with Crippen LogP contribution in [0.2, 0.25) is 0 Å². The van der Waals surface area contributed by atoms with Crippen LogP contribution in [0.4, 0.5) is 5.00 Å². The Hall–Kier alpha value is -0.830. The predicted molar refractivity (Wildman–Crippen MR) is 38.9 cm³/mol. The molecule has 0 bridgehead atoms. The van der Waals surface area contributed by atoms with E-state index in [0.29, 0.717) is 10.6 Å². The summed E-state index contributed by atoms with van der Waals surface area (Å²) >= 11 is 1.44. The highest BCUT2D eigenvalue weighted by molar-refractivity contribution is 7.16. The molecule has 1 aromatic rings. The first-order valence-electron chi connectivity index (χ1n) is 2.55. The number of carbonyl (C=O) groups excluding carboxylic acids is 1. The van der Waals surface area contributed by atoms with Crippen LogP contribution >= 0.6 is 11.3 Å². The van der Waals surface area contributed by atoms with Crippen LogP contribution in [0, 0.1) is 6.92 Å². The summed E-state index contributed by atoms with van der Waals surface area (Å²) in [5, 5.41) is 0.703. The molecule has 0 radical (unpaired) electrons. The van der Waals surface area contributed by atoms with E-state index in [1.807, 2.05) is 6.92 Å². The van der Waals surface area contributed by atoms with E-state index in [0.717, 1.165) is 11.2 Å². The van der Waals surface area contributed by atoms with Crippen LogP contribution in [0.5, 0.6) is 0 Å². The fourth-order valence-electron chi connectivity index (χ4n) is 0.637. The van der Waals surface area contributed by atoms with Gasteiger partial charge < -0.3 is 5.73 Å². The molecule has 3 heteroatoms. The van der Waals surface area contributed by atoms with Gasteiger partial charge in [-0.25, -0.2) is 0 Å². The Morgan fingerprint density at radius 3 is 2.67 bits per heavy atom. The van der Waals surface area contributed by atoms with Gasteiger partial charge in [-0.15, -0.1) is 11.3 Å². The highest BCUT2D eigenvalue weighted by atomic mass is 32.1. The topological polar surface area (TPSA) is 43.1 Å². The second kappa shape index (κ2) is 2.19. The lowest BCUT2D eigenvalue weighted by Gasteiger charge is -1.78. The van der Waals surface area contributed by atoms with Crippen molar-refractivity contribution in [2.24, 2.45) is 0 Å². The highest BCUT2D eigenvalue weighted by Gasteiger charge is 1.99. The van der Waals surface area contributed by atoms with Gasteiger partial charge >= 0.3 is 0 Å². The second-order valence-electron chi connectivity index (χ2n) is 1.78. The lowest BCUT2D eigenvalue weighted by atomic mass is 10.3. The molecule has 48 valence electrons. The molecular formula is C6H7NOS. The lowest BCUT2D eigenvalue weighted by Crippen LogP contribution is -1.76. The van der Waals surface area contributed by atoms with Crippen molar-refractivity contribution in [3.05, 3.63) is 16.5 Å². The minimum absolute atomic E-state index is 0.703. The van der Waals surface area contributed by atoms with Crippen molar-refractivity contribution in [3.63, 3.8) is 0 Å². The predicted octanol–water partition coefficient (Wildman–Crippen LogP) is 1.45. The minimum atomic E-state index is 0.703. The molecule has 0 atom stereocenters. The molecule has 0 amide bonds. The van der Waals surface area contributed by atoms with Crippen molar-refractivity contribution in [1.82, 2.24) is 0 Å². The lowest BCUT2D eigenvalue weighted by molar-refractivity contribution is 0.112. The minimum Gasteiger partial charge on any atom is -0.391 e. The van der Waals surface area contributed by atoms with Crippen molar-refractivity contribution in [3.8, 4) is 0 Å². The van der Waals surface area contributed by atoms with E-state index >= 15 is 0 Å². The number of aryl methyl sites for hydroxylation is 1. The molecule has 0 unspecified atom stereocenters. The van der Waals surface area contributed by atoms with Gasteiger partial charge in [0.05, 0.1) is 5.00 Å². The van der Waals surface area contributed by atoms with Crippen LogP contribution in [0.3, 0.4) is 0 Å². The molecule has 0 aliphatic heterocycles. The monoisotopic (exact) mass is 141 g/mol. The van der Waals surface area contributed by atoms with Gasteiger partial charge in [-0.2, -0.15) is 0 Å². The van der Waals surface area contributed by atoms with Crippen LogP contribution < -0.4 is 5.73 Å². The molecular weight excluding hydrogens is 134 g/mol. The van der Waals surface area contributed by atoms with E-state index in [-0.39, 0.29) is 0 Å². The Morgan fingerprint density at radius 1 is 1.78 bits per heavy atom. The van der Waals surface area contributed by atoms with Crippen molar-refractivity contribution < 1.29 is 4.79 Å². The van der Waals surface area contributed by atoms with E-state index in [4.69, 9.17) is 5.73 Å². The smallest absolute Gasteiger partial charge is 0.151 e. The van der Waals surface area contributed by atoms with Gasteiger partial charge in [0.2, 0.25) is 0 Å². The first kappa shape index (κ1) is 6.29. The van der Waals surface area contributed by atoms with Crippen LogP contribution in [-0.4, -0.2) is 6.29 Å². The molecule has 0 aliphatic carbocycles. The number of aldehydes is 1. The van der Waals surface area contributed by atoms with E-state index < -0.39 is 0 Å². The highest BCUT2D eigenvalue weighted by Crippen LogP contribution is 2.21. The molecule has 0 saturated carbocycles. The molecule has 0 spiro atoms. The van der Waals surface area contributed by atoms with Gasteiger partial charge in [0.1, 0.15) is 0 Å². The first-order chi connectivity index (χ1) is 4.24. The summed E-state index contributed by atoms with van der Waals surface area (Å²) in [6.45, 7) is 1.88. The number of nitrogen functional groups attached to an aromatic ring is 1. The van der Waals surface area contributed by atoms with Gasteiger partial charge in [0.15, 0.2) is 6.29 Å². The summed E-state index contributed by atoms with van der Waals surface area (Å²) < 4.78 is 0. The van der Waals surface area contributed by atoms with E-state index in [1.165, 1.54) is 11.3 Å². The molecule has 0 saturated heterocycles. The Bertz CT molecular complexity index is 229. The standard InChI is InChI=1S/C6H7NOS/c1-4-5(3-8)2-6(7)9-4/h2-3H,7H2,1H3. The number of rotatable bonds is 1. The maximum atomic E-state index is 10.2. The number of carbonyl (C=O) groups is 1. The van der Waals surface area contributed by atoms with Crippen LogP contribution in [0.15, 0.2) is 6.07 Å². The van der Waals surface area contributed by atoms with Gasteiger partial charge in [-0.3, -0.25) is 4.79 Å². The number of hydrogen-bond donors (Lipinski definition) is 1. The molecule has 2 N–H and O–H groups in total. The summed E-state index contributed by atoms with van der Waals surface area (Å²) in [5.41, 5.74) is 6.12. The normalized spacial score (nSPS) is 9.44. The van der Waals surface area contributed by atoms with E-state index in [9.17, 15) is 4.79 Å². The number of hydrogen-bond acceptors (Lipinski definition) is 3. The summed E-state index contributed by atoms with van der Waals surface area (Å²) in [4.78, 5) is 11.2. The van der Waals surface area contributed by atoms with Crippen LogP contribution in [-0.2, 0) is 0 Å². The summed E-state index contributed by atoms with van der Waals surface area (Å²) in [5.74, 6) is 0. The zero-order valence-electron chi connectivity index (χ0n) is 5.05. The van der Waals surface area contributed by atoms with Crippen molar-refractivity contribution in [2.75, 3.05) is 5.73 Å². The number of anilines is 1. The van der Waals surface area contributed by atoms with E-state index in [2.05, 4.69) is 0 Å². The largest absolute Gasteiger partial charge is 0.391 e. The molecule has 0 fully saturated rings. The Kier molecular flexibility index (Phi) is 1.53. The average molecular weight is 141 g/mol. The second-order valence-corrected chi connectivity index (χ2v) is 3.07. The molecule has 2 nitrogen and oxygen atoms in total. The third-order valence-corrected chi connectivity index (χ3v) is 2.00. The van der Waals surface area contributed by atoms with E-state index in [1.54, 1.807) is 6.07 Å². The maximum Gasteiger partial charge on any atom is 0.151 e. The van der Waals surface area contributed by atoms with Crippen LogP contribution in [0.25, 0.3) is 0 Å². The van der Waals surface area contributed by atoms with Gasteiger partial charge in [0.25, 0.3) is 0 Å². The quantitative estimate of drug-likeness (QED) is 0.601. The fourth-order valence-corrected chi connectivity index (χ4v) is 1.40. The van der Waals surface area contributed by atoms with Crippen molar-refractivity contribution >= 4 is 22.6 Å². The molecule has 1 rings (SSSR count).